The first-order valence-corrected chi connectivity index (χ1v) is 5.85. The fourth-order valence-corrected chi connectivity index (χ4v) is 1.64. The van der Waals surface area contributed by atoms with E-state index in [4.69, 9.17) is 0 Å². The summed E-state index contributed by atoms with van der Waals surface area (Å²) in [6.45, 7) is 1.98. The van der Waals surface area contributed by atoms with Crippen LogP contribution in [0, 0.1) is 6.92 Å². The van der Waals surface area contributed by atoms with Gasteiger partial charge in [-0.1, -0.05) is 42.0 Å². The van der Waals surface area contributed by atoms with Crippen LogP contribution in [0.5, 0.6) is 5.75 Å². The van der Waals surface area contributed by atoms with Crippen LogP contribution in [0.1, 0.15) is 21.5 Å². The van der Waals surface area contributed by atoms with Gasteiger partial charge in [-0.15, -0.1) is 0 Å². The first kappa shape index (κ1) is 12.8. The molecule has 1 amide bonds. The number of hydrazone groups is 1. The van der Waals surface area contributed by atoms with Gasteiger partial charge < -0.3 is 5.11 Å². The number of phenolic OH excluding ortho intramolecular Hbond substituents is 1. The van der Waals surface area contributed by atoms with Crippen LogP contribution in [0.2, 0.25) is 0 Å². The summed E-state index contributed by atoms with van der Waals surface area (Å²) in [5.41, 5.74) is 4.60. The zero-order valence-electron chi connectivity index (χ0n) is 10.5. The predicted molar refractivity (Wildman–Crippen MR) is 74.3 cm³/mol. The highest BCUT2D eigenvalue weighted by molar-refractivity contribution is 5.97. The molecule has 0 fully saturated rings. The van der Waals surface area contributed by atoms with Crippen molar-refractivity contribution < 1.29 is 9.90 Å². The maximum atomic E-state index is 11.7. The van der Waals surface area contributed by atoms with Gasteiger partial charge >= 0.3 is 0 Å². The molecule has 2 N–H and O–H groups in total. The normalized spacial score (nSPS) is 10.6. The molecule has 0 radical (unpaired) electrons. The molecule has 0 aromatic heterocycles. The summed E-state index contributed by atoms with van der Waals surface area (Å²) in [6, 6.07) is 14.1. The average molecular weight is 254 g/mol. The summed E-state index contributed by atoms with van der Waals surface area (Å²) in [4.78, 5) is 11.7. The van der Waals surface area contributed by atoms with E-state index in [2.05, 4.69) is 10.5 Å². The van der Waals surface area contributed by atoms with E-state index in [1.165, 1.54) is 12.1 Å². The molecule has 96 valence electrons. The minimum Gasteiger partial charge on any atom is -0.507 e. The Kier molecular flexibility index (Phi) is 3.93. The first-order valence-electron chi connectivity index (χ1n) is 5.85. The fourth-order valence-electron chi connectivity index (χ4n) is 1.64. The number of benzene rings is 2. The molecular formula is C15H14N2O2. The van der Waals surface area contributed by atoms with Crippen LogP contribution in [0.15, 0.2) is 53.6 Å². The van der Waals surface area contributed by atoms with Crippen LogP contribution in [-0.2, 0) is 0 Å². The molecule has 0 atom stereocenters. The summed E-state index contributed by atoms with van der Waals surface area (Å²) in [5, 5.41) is 13.4. The number of hydrogen-bond donors (Lipinski definition) is 2. The average Bonchev–Trinajstić information content (AvgIpc) is 2.39. The van der Waals surface area contributed by atoms with Crippen molar-refractivity contribution >= 4 is 12.1 Å². The summed E-state index contributed by atoms with van der Waals surface area (Å²) >= 11 is 0. The van der Waals surface area contributed by atoms with Gasteiger partial charge in [0, 0.05) is 0 Å². The van der Waals surface area contributed by atoms with Crippen molar-refractivity contribution in [3.05, 3.63) is 65.2 Å². The van der Waals surface area contributed by atoms with E-state index >= 15 is 0 Å². The molecule has 0 aliphatic rings. The predicted octanol–water partition coefficient (Wildman–Crippen LogP) is 2.46. The van der Waals surface area contributed by atoms with Crippen LogP contribution in [0.4, 0.5) is 0 Å². The van der Waals surface area contributed by atoms with E-state index < -0.39 is 5.91 Å². The molecule has 0 unspecified atom stereocenters. The lowest BCUT2D eigenvalue weighted by molar-refractivity contribution is 0.0952. The lowest BCUT2D eigenvalue weighted by Gasteiger charge is -2.02. The summed E-state index contributed by atoms with van der Waals surface area (Å²) in [5.74, 6) is -0.507. The molecular weight excluding hydrogens is 240 g/mol. The van der Waals surface area contributed by atoms with E-state index in [9.17, 15) is 9.90 Å². The zero-order chi connectivity index (χ0) is 13.7. The molecule has 0 aliphatic carbocycles. The lowest BCUT2D eigenvalue weighted by atomic mass is 10.2. The Morgan fingerprint density at radius 2 is 2.00 bits per heavy atom. The minimum atomic E-state index is -0.443. The third-order valence-electron chi connectivity index (χ3n) is 2.57. The molecule has 19 heavy (non-hydrogen) atoms. The molecule has 0 saturated carbocycles. The molecule has 0 saturated heterocycles. The monoisotopic (exact) mass is 254 g/mol. The highest BCUT2D eigenvalue weighted by atomic mass is 16.3. The van der Waals surface area contributed by atoms with Crippen molar-refractivity contribution in [3.63, 3.8) is 0 Å². The van der Waals surface area contributed by atoms with Crippen molar-refractivity contribution in [3.8, 4) is 5.75 Å². The second-order valence-corrected chi connectivity index (χ2v) is 4.13. The van der Waals surface area contributed by atoms with E-state index in [-0.39, 0.29) is 11.3 Å². The summed E-state index contributed by atoms with van der Waals surface area (Å²) < 4.78 is 0. The van der Waals surface area contributed by atoms with E-state index in [0.717, 1.165) is 11.1 Å². The quantitative estimate of drug-likeness (QED) is 0.653. The van der Waals surface area contributed by atoms with Crippen molar-refractivity contribution in [2.45, 2.75) is 6.92 Å². The van der Waals surface area contributed by atoms with Gasteiger partial charge in [-0.25, -0.2) is 5.43 Å². The summed E-state index contributed by atoms with van der Waals surface area (Å²) in [6.07, 6.45) is 1.56. The van der Waals surface area contributed by atoms with E-state index in [0.29, 0.717) is 0 Å². The number of aryl methyl sites for hydroxylation is 1. The molecule has 2 rings (SSSR count). The smallest absolute Gasteiger partial charge is 0.275 e. The number of para-hydroxylation sites is 1. The number of hydrogen-bond acceptors (Lipinski definition) is 3. The topological polar surface area (TPSA) is 61.7 Å². The van der Waals surface area contributed by atoms with Gasteiger partial charge in [0.1, 0.15) is 5.75 Å². The fraction of sp³-hybridized carbons (Fsp3) is 0.0667. The minimum absolute atomic E-state index is 0.0641. The van der Waals surface area contributed by atoms with Crippen molar-refractivity contribution in [1.29, 1.82) is 0 Å². The van der Waals surface area contributed by atoms with Gasteiger partial charge in [-0.3, -0.25) is 4.79 Å². The number of amides is 1. The lowest BCUT2D eigenvalue weighted by Crippen LogP contribution is -2.17. The maximum Gasteiger partial charge on any atom is 0.275 e. The standard InChI is InChI=1S/C15H14N2O2/c1-11-5-4-6-12(9-11)10-16-17-15(19)13-7-2-3-8-14(13)18/h2-10,18H,1H3,(H,17,19)/b16-10-. The molecule has 4 heteroatoms. The van der Waals surface area contributed by atoms with Gasteiger partial charge in [-0.05, 0) is 24.6 Å². The number of carbonyl (C=O) groups excluding carboxylic acids is 1. The van der Waals surface area contributed by atoms with Gasteiger partial charge in [-0.2, -0.15) is 5.10 Å². The largest absolute Gasteiger partial charge is 0.507 e. The second kappa shape index (κ2) is 5.82. The van der Waals surface area contributed by atoms with Crippen LogP contribution in [-0.4, -0.2) is 17.2 Å². The van der Waals surface area contributed by atoms with E-state index in [1.807, 2.05) is 31.2 Å². The maximum absolute atomic E-state index is 11.7. The van der Waals surface area contributed by atoms with Crippen LogP contribution < -0.4 is 5.43 Å². The van der Waals surface area contributed by atoms with Crippen molar-refractivity contribution in [2.24, 2.45) is 5.10 Å². The van der Waals surface area contributed by atoms with Gasteiger partial charge in [0.25, 0.3) is 5.91 Å². The molecule has 0 heterocycles. The van der Waals surface area contributed by atoms with Gasteiger partial charge in [0.2, 0.25) is 0 Å². The molecule has 4 nitrogen and oxygen atoms in total. The number of nitrogens with one attached hydrogen (secondary N) is 1. The number of rotatable bonds is 3. The Morgan fingerprint density at radius 1 is 1.21 bits per heavy atom. The Labute approximate surface area is 111 Å². The zero-order valence-corrected chi connectivity index (χ0v) is 10.5. The van der Waals surface area contributed by atoms with Crippen LogP contribution in [0.25, 0.3) is 0 Å². The van der Waals surface area contributed by atoms with E-state index in [1.54, 1.807) is 18.3 Å². The van der Waals surface area contributed by atoms with Crippen LogP contribution in [0.3, 0.4) is 0 Å². The Hall–Kier alpha value is -2.62. The SMILES string of the molecule is Cc1cccc(/C=N\NC(=O)c2ccccc2O)c1. The Balaban J connectivity index is 2.03. The number of carbonyl (C=O) groups is 1. The second-order valence-electron chi connectivity index (χ2n) is 4.13. The molecule has 0 spiro atoms. The summed E-state index contributed by atoms with van der Waals surface area (Å²) in [7, 11) is 0. The van der Waals surface area contributed by atoms with Crippen molar-refractivity contribution in [1.82, 2.24) is 5.43 Å². The highest BCUT2D eigenvalue weighted by Crippen LogP contribution is 2.14. The Morgan fingerprint density at radius 3 is 2.74 bits per heavy atom. The number of phenols is 1. The highest BCUT2D eigenvalue weighted by Gasteiger charge is 2.08. The Bertz CT molecular complexity index is 621. The molecule has 2 aromatic carbocycles. The van der Waals surface area contributed by atoms with Crippen molar-refractivity contribution in [2.75, 3.05) is 0 Å². The molecule has 2 aromatic rings. The van der Waals surface area contributed by atoms with Crippen LogP contribution >= 0.6 is 0 Å². The third-order valence-corrected chi connectivity index (χ3v) is 2.57. The number of aromatic hydroxyl groups is 1. The molecule has 0 aliphatic heterocycles. The van der Waals surface area contributed by atoms with Gasteiger partial charge in [0.05, 0.1) is 11.8 Å². The van der Waals surface area contributed by atoms with Gasteiger partial charge in [0.15, 0.2) is 0 Å². The molecule has 0 bridgehead atoms. The first-order chi connectivity index (χ1) is 9.16. The third kappa shape index (κ3) is 3.42. The number of nitrogens with zero attached hydrogens (tertiary/aromatic N) is 1.